The molecule has 12 heteroatoms. The number of esters is 1. The van der Waals surface area contributed by atoms with Crippen LogP contribution in [0.4, 0.5) is 0 Å². The minimum Gasteiger partial charge on any atom is -0.506 e. The monoisotopic (exact) mass is 853 g/mol. The number of aryl methyl sites for hydroxylation is 1. The van der Waals surface area contributed by atoms with Crippen LogP contribution in [0, 0.1) is 12.8 Å². The van der Waals surface area contributed by atoms with Crippen molar-refractivity contribution in [3.8, 4) is 5.75 Å². The molecule has 0 radical (unpaired) electrons. The fraction of sp³-hybridized carbons (Fsp3) is 0.412. The van der Waals surface area contributed by atoms with Crippen molar-refractivity contribution in [2.75, 3.05) is 52.4 Å². The molecule has 2 unspecified atom stereocenters. The third-order valence-electron chi connectivity index (χ3n) is 13.6. The van der Waals surface area contributed by atoms with Crippen LogP contribution in [-0.4, -0.2) is 106 Å². The highest BCUT2D eigenvalue weighted by atomic mass is 16.5. The van der Waals surface area contributed by atoms with Gasteiger partial charge in [0.05, 0.1) is 29.9 Å². The largest absolute Gasteiger partial charge is 0.506 e. The molecule has 5 aromatic rings. The summed E-state index contributed by atoms with van der Waals surface area (Å²) in [6.07, 6.45) is 3.33. The number of aromatic hydroxyl groups is 1. The van der Waals surface area contributed by atoms with E-state index in [1.54, 1.807) is 12.1 Å². The molecule has 5 heterocycles. The number of amides is 2. The van der Waals surface area contributed by atoms with Crippen LogP contribution < -0.4 is 10.9 Å². The molecule has 0 saturated carbocycles. The van der Waals surface area contributed by atoms with E-state index in [1.807, 2.05) is 95.6 Å². The Bertz CT molecular complexity index is 2440. The van der Waals surface area contributed by atoms with Crippen molar-refractivity contribution >= 4 is 28.7 Å². The van der Waals surface area contributed by atoms with Crippen molar-refractivity contribution in [1.82, 2.24) is 25.0 Å². The third kappa shape index (κ3) is 10.2. The molecule has 1 aromatic heterocycles. The number of fused-ring (bicyclic) bond motifs is 4. The molecule has 4 aromatic carbocycles. The van der Waals surface area contributed by atoms with E-state index in [0.29, 0.717) is 68.9 Å². The number of phenols is 1. The van der Waals surface area contributed by atoms with Gasteiger partial charge in [-0.15, -0.1) is 0 Å². The molecule has 4 N–H and O–H groups in total. The Balaban J connectivity index is 0.844. The number of aliphatic hydroxyl groups is 1. The van der Waals surface area contributed by atoms with Gasteiger partial charge in [0.15, 0.2) is 0 Å². The highest BCUT2D eigenvalue weighted by molar-refractivity contribution is 5.87. The number of hydrogen-bond donors (Lipinski definition) is 4. The van der Waals surface area contributed by atoms with E-state index in [-0.39, 0.29) is 60.1 Å². The molecule has 4 aliphatic heterocycles. The number of rotatable bonds is 16. The van der Waals surface area contributed by atoms with E-state index >= 15 is 0 Å². The number of benzene rings is 4. The maximum Gasteiger partial charge on any atom is 0.317 e. The van der Waals surface area contributed by atoms with Gasteiger partial charge >= 0.3 is 5.97 Å². The van der Waals surface area contributed by atoms with E-state index < -0.39 is 11.5 Å². The van der Waals surface area contributed by atoms with Crippen molar-refractivity contribution in [3.63, 3.8) is 0 Å². The van der Waals surface area contributed by atoms with Crippen molar-refractivity contribution < 1.29 is 29.3 Å². The van der Waals surface area contributed by atoms with Gasteiger partial charge in [0.2, 0.25) is 17.4 Å². The molecule has 9 rings (SSSR count). The fourth-order valence-corrected chi connectivity index (χ4v) is 9.73. The molecule has 2 amide bonds. The number of carbonyl (C=O) groups excluding carboxylic acids is 3. The van der Waals surface area contributed by atoms with Crippen molar-refractivity contribution in [3.05, 3.63) is 147 Å². The standard InChI is InChI=1S/C51H59N5O7/c1-35-8-5-6-9-39(35)33-56(25-7-24-52-32-44(58)41-16-18-43(57)49-42(41)17-19-46(59)53-49)48(61)31-37-14-12-36(13-15-37)30-47(60)55-28-22-51(23-29-55,40-10-3-2-4-11-40)50(62)63-45-34-54-26-20-38(45)21-27-54/h2-6,8-19,38,44-45,52,57-58H,7,20-34H2,1H3,(H,53,59). The number of aromatic nitrogens is 1. The fourth-order valence-electron chi connectivity index (χ4n) is 9.73. The molecule has 4 saturated heterocycles. The number of nitrogens with zero attached hydrogens (tertiary/aromatic N) is 3. The summed E-state index contributed by atoms with van der Waals surface area (Å²) >= 11 is 0. The first kappa shape index (κ1) is 43.8. The minimum absolute atomic E-state index is 0.00564. The Labute approximate surface area is 368 Å². The molecule has 4 aliphatic rings. The lowest BCUT2D eigenvalue weighted by Crippen LogP contribution is -2.55. The number of pyridine rings is 1. The van der Waals surface area contributed by atoms with E-state index in [9.17, 15) is 29.4 Å². The van der Waals surface area contributed by atoms with Gasteiger partial charge in [-0.2, -0.15) is 0 Å². The number of H-pyrrole nitrogens is 1. The van der Waals surface area contributed by atoms with Crippen molar-refractivity contribution in [2.45, 2.75) is 76.0 Å². The Hall–Kier alpha value is -5.82. The first-order chi connectivity index (χ1) is 30.6. The van der Waals surface area contributed by atoms with Gasteiger partial charge in [0.1, 0.15) is 11.9 Å². The average molecular weight is 854 g/mol. The van der Waals surface area contributed by atoms with Crippen LogP contribution >= 0.6 is 0 Å². The number of aliphatic hydroxyl groups excluding tert-OH is 1. The second kappa shape index (κ2) is 19.7. The van der Waals surface area contributed by atoms with E-state index in [0.717, 1.165) is 60.3 Å². The summed E-state index contributed by atoms with van der Waals surface area (Å²) in [6, 6.07) is 31.8. The van der Waals surface area contributed by atoms with Crippen LogP contribution in [0.2, 0.25) is 0 Å². The number of nitrogens with one attached hydrogen (secondary N) is 2. The molecular formula is C51H59N5O7. The Morgan fingerprint density at radius 2 is 1.57 bits per heavy atom. The Morgan fingerprint density at radius 3 is 2.27 bits per heavy atom. The smallest absolute Gasteiger partial charge is 0.317 e. The first-order valence-electron chi connectivity index (χ1n) is 22.5. The zero-order valence-electron chi connectivity index (χ0n) is 36.1. The number of likely N-dealkylation sites (tertiary alicyclic amines) is 1. The van der Waals surface area contributed by atoms with Crippen LogP contribution in [0.15, 0.2) is 108 Å². The number of phenolic OH excluding ortho intramolecular Hbond substituents is 1. The van der Waals surface area contributed by atoms with Crippen molar-refractivity contribution in [2.24, 2.45) is 5.92 Å². The first-order valence-corrected chi connectivity index (χ1v) is 22.5. The molecule has 2 atom stereocenters. The minimum atomic E-state index is -0.879. The van der Waals surface area contributed by atoms with E-state index in [1.165, 1.54) is 12.1 Å². The van der Waals surface area contributed by atoms with Gasteiger partial charge < -0.3 is 35.1 Å². The lowest BCUT2D eigenvalue weighted by Gasteiger charge is -2.46. The van der Waals surface area contributed by atoms with Crippen LogP contribution in [0.5, 0.6) is 5.75 Å². The van der Waals surface area contributed by atoms with Gasteiger partial charge in [0, 0.05) is 50.7 Å². The van der Waals surface area contributed by atoms with E-state index in [4.69, 9.17) is 4.74 Å². The quantitative estimate of drug-likeness (QED) is 0.0738. The van der Waals surface area contributed by atoms with Crippen LogP contribution in [0.1, 0.15) is 71.6 Å². The van der Waals surface area contributed by atoms with Gasteiger partial charge in [0.25, 0.3) is 0 Å². The third-order valence-corrected chi connectivity index (χ3v) is 13.6. The summed E-state index contributed by atoms with van der Waals surface area (Å²) in [7, 11) is 0. The Kier molecular flexibility index (Phi) is 13.7. The summed E-state index contributed by atoms with van der Waals surface area (Å²) in [4.78, 5) is 62.3. The maximum atomic E-state index is 14.1. The second-order valence-electron chi connectivity index (χ2n) is 17.7. The molecule has 330 valence electrons. The summed E-state index contributed by atoms with van der Waals surface area (Å²) in [5, 5.41) is 25.1. The number of ether oxygens (including phenoxy) is 1. The zero-order valence-corrected chi connectivity index (χ0v) is 36.1. The van der Waals surface area contributed by atoms with E-state index in [2.05, 4.69) is 15.2 Å². The van der Waals surface area contributed by atoms with Gasteiger partial charge in [-0.25, -0.2) is 0 Å². The predicted molar refractivity (Wildman–Crippen MR) is 242 cm³/mol. The second-order valence-corrected chi connectivity index (χ2v) is 17.7. The molecule has 0 aliphatic carbocycles. The summed E-state index contributed by atoms with van der Waals surface area (Å²) in [5.41, 5.74) is 4.64. The normalized spacial score (nSPS) is 19.7. The number of piperidine rings is 4. The van der Waals surface area contributed by atoms with Gasteiger partial charge in [-0.3, -0.25) is 24.1 Å². The SMILES string of the molecule is Cc1ccccc1CN(CCCNCC(O)c1ccc(O)c2[nH]c(=O)ccc12)C(=O)Cc1ccc(CC(=O)N2CCC(C(=O)OC3CN4CCC3CC4)(c3ccccc3)CC2)cc1. The number of carbonyl (C=O) groups is 3. The summed E-state index contributed by atoms with van der Waals surface area (Å²) in [6.45, 7) is 7.74. The Morgan fingerprint density at radius 1 is 0.873 bits per heavy atom. The molecule has 12 nitrogen and oxygen atoms in total. The highest BCUT2D eigenvalue weighted by Gasteiger charge is 2.47. The zero-order chi connectivity index (χ0) is 43.9. The van der Waals surface area contributed by atoms with Gasteiger partial charge in [-0.1, -0.05) is 84.9 Å². The average Bonchev–Trinajstić information content (AvgIpc) is 3.30. The molecular weight excluding hydrogens is 795 g/mol. The molecule has 4 fully saturated rings. The lowest BCUT2D eigenvalue weighted by molar-refractivity contribution is -0.168. The van der Waals surface area contributed by atoms with Crippen LogP contribution in [-0.2, 0) is 43.9 Å². The van der Waals surface area contributed by atoms with Crippen LogP contribution in [0.25, 0.3) is 10.9 Å². The molecule has 2 bridgehead atoms. The number of aromatic amines is 1. The summed E-state index contributed by atoms with van der Waals surface area (Å²) in [5.74, 6) is 0.221. The number of hydrogen-bond acceptors (Lipinski definition) is 9. The lowest BCUT2D eigenvalue weighted by atomic mass is 9.72. The predicted octanol–water partition coefficient (Wildman–Crippen LogP) is 5.57. The van der Waals surface area contributed by atoms with Crippen molar-refractivity contribution in [1.29, 1.82) is 0 Å². The topological polar surface area (TPSA) is 156 Å². The molecule has 63 heavy (non-hydrogen) atoms. The molecule has 0 spiro atoms. The highest BCUT2D eigenvalue weighted by Crippen LogP contribution is 2.39. The summed E-state index contributed by atoms with van der Waals surface area (Å²) < 4.78 is 6.33. The van der Waals surface area contributed by atoms with Gasteiger partial charge in [-0.05, 0) is 110 Å². The van der Waals surface area contributed by atoms with Crippen LogP contribution in [0.3, 0.4) is 0 Å². The maximum absolute atomic E-state index is 14.1.